The number of terminal acetylenes is 1. The molecule has 22 heavy (non-hydrogen) atoms. The third kappa shape index (κ3) is 1.85. The van der Waals surface area contributed by atoms with E-state index >= 15 is 0 Å². The van der Waals surface area contributed by atoms with Gasteiger partial charge < -0.3 is 9.52 Å². The first-order valence-electron chi connectivity index (χ1n) is 7.07. The first-order valence-corrected chi connectivity index (χ1v) is 7.07. The van der Waals surface area contributed by atoms with Crippen molar-refractivity contribution in [1.29, 1.82) is 0 Å². The van der Waals surface area contributed by atoms with Gasteiger partial charge in [-0.25, -0.2) is 0 Å². The predicted molar refractivity (Wildman–Crippen MR) is 85.7 cm³/mol. The molecule has 1 N–H and O–H groups in total. The molecule has 3 rings (SSSR count). The van der Waals surface area contributed by atoms with Gasteiger partial charge in [0.05, 0.1) is 17.6 Å². The fourth-order valence-electron chi connectivity index (χ4n) is 3.00. The molecule has 0 atom stereocenters. The number of aliphatic hydroxyl groups excluding tert-OH is 1. The molecule has 1 aromatic heterocycles. The molecule has 1 aliphatic rings. The van der Waals surface area contributed by atoms with Crippen molar-refractivity contribution >= 4 is 16.8 Å². The summed E-state index contributed by atoms with van der Waals surface area (Å²) in [7, 11) is 0. The number of hydrogen-bond acceptors (Lipinski definition) is 3. The van der Waals surface area contributed by atoms with Crippen molar-refractivity contribution in [3.8, 4) is 12.3 Å². The zero-order chi connectivity index (χ0) is 15.9. The summed E-state index contributed by atoms with van der Waals surface area (Å²) in [6.07, 6.45) is 8.78. The topological polar surface area (TPSA) is 50.4 Å². The molecule has 1 aromatic carbocycles. The molecule has 0 saturated heterocycles. The summed E-state index contributed by atoms with van der Waals surface area (Å²) in [5, 5.41) is 9.80. The normalized spacial score (nSPS) is 17.1. The summed E-state index contributed by atoms with van der Waals surface area (Å²) in [5.41, 5.74) is 1.69. The number of carbonyl (C=O) groups is 1. The molecule has 1 heterocycles. The number of rotatable bonds is 2. The SMILES string of the molecule is C#CC1=C(/C=C\CO)C(=O)c2c(oc3ccccc23)C1(C)C. The number of carbonyl (C=O) groups excluding carboxylic acids is 1. The van der Waals surface area contributed by atoms with Crippen LogP contribution in [0.1, 0.15) is 30.0 Å². The van der Waals surface area contributed by atoms with Crippen LogP contribution < -0.4 is 0 Å². The monoisotopic (exact) mass is 292 g/mol. The van der Waals surface area contributed by atoms with Gasteiger partial charge in [0.2, 0.25) is 0 Å². The Morgan fingerprint density at radius 3 is 2.77 bits per heavy atom. The van der Waals surface area contributed by atoms with E-state index in [-0.39, 0.29) is 12.4 Å². The molecule has 0 unspecified atom stereocenters. The molecule has 0 bridgehead atoms. The Balaban J connectivity index is 2.37. The molecule has 0 spiro atoms. The van der Waals surface area contributed by atoms with Gasteiger partial charge >= 0.3 is 0 Å². The quantitative estimate of drug-likeness (QED) is 0.863. The molecule has 0 radical (unpaired) electrons. The minimum atomic E-state index is -0.577. The highest BCUT2D eigenvalue weighted by Crippen LogP contribution is 2.45. The summed E-state index contributed by atoms with van der Waals surface area (Å²) in [5.74, 6) is 3.08. The third-order valence-corrected chi connectivity index (χ3v) is 4.06. The van der Waals surface area contributed by atoms with Gasteiger partial charge in [-0.15, -0.1) is 6.42 Å². The molecule has 110 valence electrons. The van der Waals surface area contributed by atoms with Crippen LogP contribution in [0.5, 0.6) is 0 Å². The van der Waals surface area contributed by atoms with E-state index in [1.54, 1.807) is 6.08 Å². The van der Waals surface area contributed by atoms with Crippen molar-refractivity contribution in [2.24, 2.45) is 0 Å². The number of ketones is 1. The summed E-state index contributed by atoms with van der Waals surface area (Å²) in [6, 6.07) is 7.47. The van der Waals surface area contributed by atoms with Crippen LogP contribution >= 0.6 is 0 Å². The van der Waals surface area contributed by atoms with E-state index < -0.39 is 5.41 Å². The molecule has 3 heteroatoms. The van der Waals surface area contributed by atoms with E-state index in [0.29, 0.717) is 28.1 Å². The lowest BCUT2D eigenvalue weighted by atomic mass is 9.71. The number of aliphatic hydroxyl groups is 1. The van der Waals surface area contributed by atoms with Crippen molar-refractivity contribution in [1.82, 2.24) is 0 Å². The molecule has 2 aromatic rings. The highest BCUT2D eigenvalue weighted by Gasteiger charge is 2.41. The highest BCUT2D eigenvalue weighted by molar-refractivity contribution is 6.20. The average molecular weight is 292 g/mol. The van der Waals surface area contributed by atoms with Crippen LogP contribution in [0.3, 0.4) is 0 Å². The lowest BCUT2D eigenvalue weighted by Crippen LogP contribution is -2.29. The Hall–Kier alpha value is -2.57. The Labute approximate surface area is 128 Å². The second kappa shape index (κ2) is 5.01. The van der Waals surface area contributed by atoms with Crippen LogP contribution in [0.2, 0.25) is 0 Å². The van der Waals surface area contributed by atoms with E-state index in [4.69, 9.17) is 15.9 Å². The lowest BCUT2D eigenvalue weighted by Gasteiger charge is -2.29. The summed E-state index contributed by atoms with van der Waals surface area (Å²) in [4.78, 5) is 12.9. The smallest absolute Gasteiger partial charge is 0.198 e. The number of allylic oxidation sites excluding steroid dienone is 3. The van der Waals surface area contributed by atoms with Crippen LogP contribution in [0.25, 0.3) is 11.0 Å². The van der Waals surface area contributed by atoms with Crippen LogP contribution in [0.4, 0.5) is 0 Å². The molecule has 0 fully saturated rings. The maximum Gasteiger partial charge on any atom is 0.198 e. The van der Waals surface area contributed by atoms with E-state index in [2.05, 4.69) is 5.92 Å². The minimum Gasteiger partial charge on any atom is -0.459 e. The van der Waals surface area contributed by atoms with Crippen LogP contribution in [0, 0.1) is 12.3 Å². The summed E-state index contributed by atoms with van der Waals surface area (Å²) >= 11 is 0. The lowest BCUT2D eigenvalue weighted by molar-refractivity contribution is 0.102. The number of hydrogen-bond donors (Lipinski definition) is 1. The van der Waals surface area contributed by atoms with Crippen molar-refractivity contribution in [3.63, 3.8) is 0 Å². The van der Waals surface area contributed by atoms with Crippen LogP contribution in [-0.4, -0.2) is 17.5 Å². The van der Waals surface area contributed by atoms with Crippen molar-refractivity contribution in [2.45, 2.75) is 19.3 Å². The molecule has 0 aliphatic heterocycles. The predicted octanol–water partition coefficient (Wildman–Crippen LogP) is 3.39. The number of furan rings is 1. The summed E-state index contributed by atoms with van der Waals surface area (Å²) in [6.45, 7) is 3.75. The summed E-state index contributed by atoms with van der Waals surface area (Å²) < 4.78 is 5.94. The van der Waals surface area contributed by atoms with Gasteiger partial charge in [-0.3, -0.25) is 4.79 Å². The molecule has 1 aliphatic carbocycles. The number of Topliss-reactive ketones (excluding diaryl/α,β-unsaturated/α-hetero) is 1. The highest BCUT2D eigenvalue weighted by atomic mass is 16.3. The Bertz CT molecular complexity index is 870. The fraction of sp³-hybridized carbons (Fsp3) is 0.211. The molecular weight excluding hydrogens is 276 g/mol. The Kier molecular flexibility index (Phi) is 3.27. The number of para-hydroxylation sites is 1. The van der Waals surface area contributed by atoms with Gasteiger partial charge in [-0.1, -0.05) is 36.3 Å². The molecule has 0 amide bonds. The minimum absolute atomic E-state index is 0.145. The molecule has 0 saturated carbocycles. The van der Waals surface area contributed by atoms with Crippen molar-refractivity contribution in [3.05, 3.63) is 58.9 Å². The second-order valence-electron chi connectivity index (χ2n) is 5.77. The van der Waals surface area contributed by atoms with Gasteiger partial charge in [-0.05, 0) is 19.9 Å². The fourth-order valence-corrected chi connectivity index (χ4v) is 3.00. The average Bonchev–Trinajstić information content (AvgIpc) is 2.90. The van der Waals surface area contributed by atoms with Gasteiger partial charge in [0.1, 0.15) is 11.3 Å². The number of fused-ring (bicyclic) bond motifs is 3. The zero-order valence-corrected chi connectivity index (χ0v) is 12.5. The zero-order valence-electron chi connectivity index (χ0n) is 12.5. The first kappa shape index (κ1) is 14.4. The van der Waals surface area contributed by atoms with E-state index in [9.17, 15) is 4.79 Å². The number of benzene rings is 1. The van der Waals surface area contributed by atoms with Gasteiger partial charge in [0, 0.05) is 16.5 Å². The van der Waals surface area contributed by atoms with E-state index in [1.807, 2.05) is 38.1 Å². The standard InChI is InChI=1S/C19H16O3/c1-4-14-12(9-7-11-20)17(21)16-13-8-5-6-10-15(13)22-18(16)19(14,2)3/h1,5-10,20H,11H2,2-3H3/b9-7-. The second-order valence-corrected chi connectivity index (χ2v) is 5.77. The Morgan fingerprint density at radius 1 is 1.36 bits per heavy atom. The largest absolute Gasteiger partial charge is 0.459 e. The third-order valence-electron chi connectivity index (χ3n) is 4.06. The van der Waals surface area contributed by atoms with E-state index in [1.165, 1.54) is 6.08 Å². The van der Waals surface area contributed by atoms with Gasteiger partial charge in [0.25, 0.3) is 0 Å². The van der Waals surface area contributed by atoms with E-state index in [0.717, 1.165) is 5.39 Å². The Morgan fingerprint density at radius 2 is 2.09 bits per heavy atom. The van der Waals surface area contributed by atoms with Crippen molar-refractivity contribution in [2.75, 3.05) is 6.61 Å². The first-order chi connectivity index (χ1) is 10.5. The van der Waals surface area contributed by atoms with Gasteiger partial charge in [0.15, 0.2) is 5.78 Å². The van der Waals surface area contributed by atoms with Gasteiger partial charge in [-0.2, -0.15) is 0 Å². The molecular formula is C19H16O3. The van der Waals surface area contributed by atoms with Crippen LogP contribution in [-0.2, 0) is 5.41 Å². The maximum absolute atomic E-state index is 12.9. The maximum atomic E-state index is 12.9. The van der Waals surface area contributed by atoms with Crippen molar-refractivity contribution < 1.29 is 14.3 Å². The molecule has 3 nitrogen and oxygen atoms in total. The van der Waals surface area contributed by atoms with Crippen LogP contribution in [0.15, 0.2) is 52.0 Å².